The molecule has 30 heavy (non-hydrogen) atoms. The van der Waals surface area contributed by atoms with Crippen molar-refractivity contribution >= 4 is 34.8 Å². The maximum Gasteiger partial charge on any atom is 0.272 e. The number of anilines is 1. The van der Waals surface area contributed by atoms with Crippen LogP contribution in [0.1, 0.15) is 27.8 Å². The van der Waals surface area contributed by atoms with E-state index in [-0.39, 0.29) is 11.8 Å². The van der Waals surface area contributed by atoms with Crippen molar-refractivity contribution in [2.75, 3.05) is 4.90 Å². The summed E-state index contributed by atoms with van der Waals surface area (Å²) in [5.74, 6) is 0.117. The molecule has 1 aliphatic rings. The highest BCUT2D eigenvalue weighted by Gasteiger charge is 2.40. The van der Waals surface area contributed by atoms with Crippen LogP contribution in [0.3, 0.4) is 0 Å². The third-order valence-electron chi connectivity index (χ3n) is 5.36. The minimum atomic E-state index is -0.261. The van der Waals surface area contributed by atoms with Crippen molar-refractivity contribution in [2.24, 2.45) is 0 Å². The summed E-state index contributed by atoms with van der Waals surface area (Å²) in [4.78, 5) is 28.6. The summed E-state index contributed by atoms with van der Waals surface area (Å²) in [6, 6.07) is 23.4. The lowest BCUT2D eigenvalue weighted by Crippen LogP contribution is -2.31. The number of nitrogens with zero attached hydrogens (tertiary/aromatic N) is 1. The third kappa shape index (κ3) is 3.83. The highest BCUT2D eigenvalue weighted by molar-refractivity contribution is 8.03. The Bertz CT molecular complexity index is 1150. The molecule has 150 valence electrons. The molecule has 3 aromatic carbocycles. The van der Waals surface area contributed by atoms with E-state index in [0.717, 1.165) is 27.8 Å². The first-order valence-corrected chi connectivity index (χ1v) is 10.9. The summed E-state index contributed by atoms with van der Waals surface area (Å²) in [6.45, 7) is 6.05. The highest BCUT2D eigenvalue weighted by Crippen LogP contribution is 2.40. The Morgan fingerprint density at radius 1 is 0.767 bits per heavy atom. The van der Waals surface area contributed by atoms with Gasteiger partial charge in [-0.25, -0.2) is 4.90 Å². The number of hydrogen-bond donors (Lipinski definition) is 0. The summed E-state index contributed by atoms with van der Waals surface area (Å²) in [6.07, 6.45) is 0. The predicted molar refractivity (Wildman–Crippen MR) is 124 cm³/mol. The molecule has 0 saturated carbocycles. The molecule has 3 nitrogen and oxygen atoms in total. The third-order valence-corrected chi connectivity index (χ3v) is 6.50. The van der Waals surface area contributed by atoms with Crippen LogP contribution in [-0.4, -0.2) is 11.8 Å². The highest BCUT2D eigenvalue weighted by atomic mass is 32.2. The summed E-state index contributed by atoms with van der Waals surface area (Å²) in [7, 11) is 0. The van der Waals surface area contributed by atoms with Crippen molar-refractivity contribution in [1.82, 2.24) is 0 Å². The zero-order valence-electron chi connectivity index (χ0n) is 17.3. The van der Waals surface area contributed by atoms with Gasteiger partial charge in [-0.05, 0) is 55.2 Å². The number of hydrogen-bond acceptors (Lipinski definition) is 3. The van der Waals surface area contributed by atoms with Gasteiger partial charge in [0.05, 0.1) is 16.2 Å². The minimum absolute atomic E-state index is 0.252. The summed E-state index contributed by atoms with van der Waals surface area (Å²) in [5, 5.41) is 0. The second-order valence-corrected chi connectivity index (χ2v) is 8.54. The van der Waals surface area contributed by atoms with Crippen LogP contribution in [0.4, 0.5) is 5.69 Å². The number of carbonyl (C=O) groups excluding carboxylic acids is 2. The Morgan fingerprint density at radius 2 is 1.47 bits per heavy atom. The standard InChI is InChI=1S/C26H23NO2S/c1-17-9-13-22(14-10-17)27-25(28)23(21-12-11-18(2)19(3)15-21)24(26(27)29)30-16-20-7-5-4-6-8-20/h4-15H,16H2,1-3H3. The number of rotatable bonds is 5. The van der Waals surface area contributed by atoms with Gasteiger partial charge < -0.3 is 0 Å². The normalized spacial score (nSPS) is 14.0. The fourth-order valence-electron chi connectivity index (χ4n) is 3.45. The van der Waals surface area contributed by atoms with Crippen molar-refractivity contribution in [3.8, 4) is 0 Å². The maximum absolute atomic E-state index is 13.5. The average molecular weight is 414 g/mol. The molecule has 4 heteroatoms. The molecule has 0 aliphatic carbocycles. The van der Waals surface area contributed by atoms with E-state index < -0.39 is 0 Å². The smallest absolute Gasteiger partial charge is 0.268 e. The van der Waals surface area contributed by atoms with Crippen LogP contribution in [0.15, 0.2) is 77.7 Å². The molecule has 3 aromatic rings. The largest absolute Gasteiger partial charge is 0.272 e. The summed E-state index contributed by atoms with van der Waals surface area (Å²) < 4.78 is 0. The van der Waals surface area contributed by atoms with Gasteiger partial charge in [-0.2, -0.15) is 0 Å². The van der Waals surface area contributed by atoms with Crippen LogP contribution in [-0.2, 0) is 15.3 Å². The van der Waals surface area contributed by atoms with Crippen LogP contribution in [0.2, 0.25) is 0 Å². The van der Waals surface area contributed by atoms with E-state index in [2.05, 4.69) is 0 Å². The Hall–Kier alpha value is -3.11. The molecule has 0 spiro atoms. The summed E-state index contributed by atoms with van der Waals surface area (Å²) >= 11 is 1.43. The van der Waals surface area contributed by atoms with E-state index in [1.54, 1.807) is 0 Å². The minimum Gasteiger partial charge on any atom is -0.268 e. The molecule has 0 unspecified atom stereocenters. The zero-order valence-corrected chi connectivity index (χ0v) is 18.1. The number of thioether (sulfide) groups is 1. The number of benzene rings is 3. The Labute approximate surface area is 181 Å². The van der Waals surface area contributed by atoms with Gasteiger partial charge in [0.15, 0.2) is 0 Å². The number of imide groups is 1. The lowest BCUT2D eigenvalue weighted by molar-refractivity contribution is -0.119. The average Bonchev–Trinajstić information content (AvgIpc) is 2.99. The molecule has 1 heterocycles. The van der Waals surface area contributed by atoms with Crippen LogP contribution in [0.25, 0.3) is 5.57 Å². The number of aryl methyl sites for hydroxylation is 3. The fourth-order valence-corrected chi connectivity index (χ4v) is 4.52. The predicted octanol–water partition coefficient (Wildman–Crippen LogP) is 5.83. The first-order valence-electron chi connectivity index (χ1n) is 9.90. The van der Waals surface area contributed by atoms with E-state index in [0.29, 0.717) is 21.9 Å². The van der Waals surface area contributed by atoms with Gasteiger partial charge in [-0.15, -0.1) is 11.8 Å². The van der Waals surface area contributed by atoms with Crippen molar-refractivity contribution in [1.29, 1.82) is 0 Å². The molecule has 0 fully saturated rings. The topological polar surface area (TPSA) is 37.4 Å². The number of amides is 2. The van der Waals surface area contributed by atoms with Crippen LogP contribution >= 0.6 is 11.8 Å². The summed E-state index contributed by atoms with van der Waals surface area (Å²) in [5.41, 5.74) is 6.34. The lowest BCUT2D eigenvalue weighted by Gasteiger charge is -2.15. The lowest BCUT2D eigenvalue weighted by atomic mass is 10.0. The molecule has 0 radical (unpaired) electrons. The fraction of sp³-hybridized carbons (Fsp3) is 0.154. The number of carbonyl (C=O) groups is 2. The van der Waals surface area contributed by atoms with E-state index >= 15 is 0 Å². The molecule has 1 aliphatic heterocycles. The van der Waals surface area contributed by atoms with Gasteiger partial charge in [0.1, 0.15) is 0 Å². The van der Waals surface area contributed by atoms with Crippen molar-refractivity contribution in [3.05, 3.63) is 106 Å². The van der Waals surface area contributed by atoms with Crippen LogP contribution in [0, 0.1) is 20.8 Å². The first kappa shape index (κ1) is 20.2. The van der Waals surface area contributed by atoms with Gasteiger partial charge in [-0.1, -0.05) is 66.2 Å². The maximum atomic E-state index is 13.5. The molecule has 0 N–H and O–H groups in total. The molecule has 0 aromatic heterocycles. The van der Waals surface area contributed by atoms with Gasteiger partial charge in [0.2, 0.25) is 0 Å². The van der Waals surface area contributed by atoms with Crippen LogP contribution < -0.4 is 4.90 Å². The quantitative estimate of drug-likeness (QED) is 0.494. The van der Waals surface area contributed by atoms with Crippen molar-refractivity contribution in [3.63, 3.8) is 0 Å². The van der Waals surface area contributed by atoms with E-state index in [1.165, 1.54) is 16.7 Å². The molecule has 4 rings (SSSR count). The first-order chi connectivity index (χ1) is 14.5. The SMILES string of the molecule is Cc1ccc(N2C(=O)C(SCc3ccccc3)=C(c3ccc(C)c(C)c3)C2=O)cc1. The van der Waals surface area contributed by atoms with E-state index in [9.17, 15) is 9.59 Å². The van der Waals surface area contributed by atoms with E-state index in [4.69, 9.17) is 0 Å². The van der Waals surface area contributed by atoms with Crippen molar-refractivity contribution < 1.29 is 9.59 Å². The Balaban J connectivity index is 1.76. The molecule has 0 atom stereocenters. The Morgan fingerprint density at radius 3 is 2.13 bits per heavy atom. The zero-order chi connectivity index (χ0) is 21.3. The van der Waals surface area contributed by atoms with Gasteiger partial charge >= 0.3 is 0 Å². The van der Waals surface area contributed by atoms with Gasteiger partial charge in [0, 0.05) is 5.75 Å². The second-order valence-electron chi connectivity index (χ2n) is 7.56. The molecular weight excluding hydrogens is 390 g/mol. The molecule has 2 amide bonds. The van der Waals surface area contributed by atoms with Crippen LogP contribution in [0.5, 0.6) is 0 Å². The Kier molecular flexibility index (Phi) is 5.60. The van der Waals surface area contributed by atoms with Crippen molar-refractivity contribution in [2.45, 2.75) is 26.5 Å². The second kappa shape index (κ2) is 8.33. The molecule has 0 saturated heterocycles. The van der Waals surface area contributed by atoms with E-state index in [1.807, 2.05) is 93.6 Å². The molecule has 0 bridgehead atoms. The molecular formula is C26H23NO2S. The monoisotopic (exact) mass is 413 g/mol. The van der Waals surface area contributed by atoms with Gasteiger partial charge in [0.25, 0.3) is 11.8 Å². The van der Waals surface area contributed by atoms with Gasteiger partial charge in [-0.3, -0.25) is 9.59 Å².